The van der Waals surface area contributed by atoms with E-state index in [2.05, 4.69) is 67.7 Å². The highest BCUT2D eigenvalue weighted by Gasteiger charge is 2.49. The van der Waals surface area contributed by atoms with Gasteiger partial charge in [0.1, 0.15) is 6.29 Å². The van der Waals surface area contributed by atoms with Crippen molar-refractivity contribution in [3.05, 3.63) is 29.8 Å². The Morgan fingerprint density at radius 3 is 1.98 bits per heavy atom. The van der Waals surface area contributed by atoms with E-state index in [9.17, 15) is 13.2 Å². The fourth-order valence-corrected chi connectivity index (χ4v) is 8.78. The lowest BCUT2D eigenvalue weighted by molar-refractivity contribution is -0.111. The number of benzene rings is 1. The summed E-state index contributed by atoms with van der Waals surface area (Å²) < 4.78 is 52.9. The van der Waals surface area contributed by atoms with Crippen LogP contribution in [0.3, 0.4) is 0 Å². The van der Waals surface area contributed by atoms with Gasteiger partial charge in [0, 0.05) is 25.9 Å². The normalized spacial score (nSPS) is 23.5. The number of ether oxygens (including phenoxy) is 2. The quantitative estimate of drug-likeness (QED) is 0.165. The van der Waals surface area contributed by atoms with Crippen molar-refractivity contribution < 1.29 is 31.5 Å². The van der Waals surface area contributed by atoms with Crippen LogP contribution in [0.1, 0.15) is 66.9 Å². The molecule has 0 spiro atoms. The SMILES string of the molecule is CCc1ccc(S(=O)(=O)C[C@@H]2[C@@H](OC)[C@@H](C[C@@H](CO[Si](C)(C)C(C)(C)C)O[Si](C)(C)C(C)(C)C)O[C@H]2CC=O)cc1. The number of rotatable bonds is 14. The fourth-order valence-electron chi connectivity index (χ4n) is 4.74. The predicted octanol–water partition coefficient (Wildman–Crippen LogP) is 6.81. The van der Waals surface area contributed by atoms with Gasteiger partial charge in [0.05, 0.1) is 41.7 Å². The second-order valence-corrected chi connectivity index (χ2v) is 26.2. The zero-order valence-corrected chi connectivity index (χ0v) is 30.4. The van der Waals surface area contributed by atoms with E-state index in [1.807, 2.05) is 19.1 Å². The van der Waals surface area contributed by atoms with Gasteiger partial charge in [-0.15, -0.1) is 0 Å². The van der Waals surface area contributed by atoms with Crippen LogP contribution in [0.2, 0.25) is 36.3 Å². The summed E-state index contributed by atoms with van der Waals surface area (Å²) in [6, 6.07) is 7.03. The molecule has 7 nitrogen and oxygen atoms in total. The number of hydrogen-bond donors (Lipinski definition) is 0. The van der Waals surface area contributed by atoms with Gasteiger partial charge in [0.2, 0.25) is 0 Å². The van der Waals surface area contributed by atoms with Crippen LogP contribution in [-0.2, 0) is 39.4 Å². The Morgan fingerprint density at radius 2 is 1.51 bits per heavy atom. The molecule has 10 heteroatoms. The molecule has 0 unspecified atom stereocenters. The first-order chi connectivity index (χ1) is 18.7. The number of methoxy groups -OCH3 is 1. The highest BCUT2D eigenvalue weighted by Crippen LogP contribution is 2.41. The molecule has 1 saturated heterocycles. The average molecular weight is 629 g/mol. The van der Waals surface area contributed by atoms with Crippen LogP contribution in [0.25, 0.3) is 0 Å². The summed E-state index contributed by atoms with van der Waals surface area (Å²) in [7, 11) is -6.25. The molecule has 1 heterocycles. The van der Waals surface area contributed by atoms with Crippen LogP contribution >= 0.6 is 0 Å². The lowest BCUT2D eigenvalue weighted by Crippen LogP contribution is -2.49. The molecular weight excluding hydrogens is 573 g/mol. The Bertz CT molecular complexity index is 1090. The van der Waals surface area contributed by atoms with Crippen molar-refractivity contribution in [3.8, 4) is 0 Å². The first kappa shape index (κ1) is 36.3. The van der Waals surface area contributed by atoms with E-state index in [-0.39, 0.29) is 33.2 Å². The minimum Gasteiger partial charge on any atom is -0.414 e. The topological polar surface area (TPSA) is 88.1 Å². The van der Waals surface area contributed by atoms with Crippen molar-refractivity contribution >= 4 is 32.8 Å². The predicted molar refractivity (Wildman–Crippen MR) is 171 cm³/mol. The van der Waals surface area contributed by atoms with Gasteiger partial charge in [-0.3, -0.25) is 0 Å². The van der Waals surface area contributed by atoms with E-state index in [1.165, 1.54) is 0 Å². The van der Waals surface area contributed by atoms with Gasteiger partial charge in [0.15, 0.2) is 26.5 Å². The van der Waals surface area contributed by atoms with Crippen LogP contribution in [0.5, 0.6) is 0 Å². The molecule has 5 atom stereocenters. The summed E-state index contributed by atoms with van der Waals surface area (Å²) in [5.74, 6) is -0.638. The summed E-state index contributed by atoms with van der Waals surface area (Å²) >= 11 is 0. The summed E-state index contributed by atoms with van der Waals surface area (Å²) in [5, 5.41) is 0.0562. The van der Waals surface area contributed by atoms with Crippen LogP contribution in [0.15, 0.2) is 29.2 Å². The molecule has 236 valence electrons. The second kappa shape index (κ2) is 13.8. The third kappa shape index (κ3) is 9.30. The first-order valence-electron chi connectivity index (χ1n) is 14.9. The maximum atomic E-state index is 13.5. The van der Waals surface area contributed by atoms with Crippen molar-refractivity contribution in [1.82, 2.24) is 0 Å². The fraction of sp³-hybridized carbons (Fsp3) is 0.774. The zero-order valence-electron chi connectivity index (χ0n) is 27.6. The zero-order chi connectivity index (χ0) is 31.4. The van der Waals surface area contributed by atoms with Crippen molar-refractivity contribution in [2.24, 2.45) is 5.92 Å². The van der Waals surface area contributed by atoms with E-state index >= 15 is 0 Å². The Kier molecular flexibility index (Phi) is 12.2. The first-order valence-corrected chi connectivity index (χ1v) is 22.4. The van der Waals surface area contributed by atoms with Gasteiger partial charge in [-0.25, -0.2) is 8.42 Å². The Morgan fingerprint density at radius 1 is 0.951 bits per heavy atom. The molecule has 0 bridgehead atoms. The van der Waals surface area contributed by atoms with Gasteiger partial charge in [0.25, 0.3) is 0 Å². The molecule has 0 N–H and O–H groups in total. The van der Waals surface area contributed by atoms with E-state index in [0.29, 0.717) is 13.0 Å². The number of carbonyl (C=O) groups is 1. The molecule has 1 fully saturated rings. The van der Waals surface area contributed by atoms with Crippen molar-refractivity contribution in [3.63, 3.8) is 0 Å². The Balaban J connectivity index is 2.36. The van der Waals surface area contributed by atoms with E-state index in [4.69, 9.17) is 18.3 Å². The molecular formula is C31H56O7SSi2. The summed E-state index contributed by atoms with van der Waals surface area (Å²) in [5.41, 5.74) is 1.08. The number of hydrogen-bond acceptors (Lipinski definition) is 7. The van der Waals surface area contributed by atoms with Crippen molar-refractivity contribution in [2.45, 2.75) is 133 Å². The van der Waals surface area contributed by atoms with E-state index in [0.717, 1.165) is 18.3 Å². The lowest BCUT2D eigenvalue weighted by Gasteiger charge is -2.42. The molecule has 0 amide bonds. The minimum absolute atomic E-state index is 0.00338. The molecule has 0 aliphatic carbocycles. The van der Waals surface area contributed by atoms with Gasteiger partial charge in [-0.2, -0.15) is 0 Å². The largest absolute Gasteiger partial charge is 0.414 e. The molecule has 1 aliphatic rings. The van der Waals surface area contributed by atoms with Gasteiger partial charge in [-0.05, 0) is 60.4 Å². The minimum atomic E-state index is -3.63. The molecule has 1 aromatic carbocycles. The molecule has 2 rings (SSSR count). The molecule has 1 aromatic rings. The third-order valence-electron chi connectivity index (χ3n) is 9.52. The highest BCUT2D eigenvalue weighted by atomic mass is 32.2. The average Bonchev–Trinajstić information content (AvgIpc) is 3.16. The van der Waals surface area contributed by atoms with Gasteiger partial charge in [-0.1, -0.05) is 60.6 Å². The van der Waals surface area contributed by atoms with Gasteiger partial charge >= 0.3 is 0 Å². The smallest absolute Gasteiger partial charge is 0.192 e. The number of aldehydes is 1. The second-order valence-electron chi connectivity index (χ2n) is 14.6. The third-order valence-corrected chi connectivity index (χ3v) is 20.4. The van der Waals surface area contributed by atoms with Crippen molar-refractivity contribution in [2.75, 3.05) is 19.5 Å². The van der Waals surface area contributed by atoms with Crippen LogP contribution in [-0.4, -0.2) is 75.2 Å². The molecule has 41 heavy (non-hydrogen) atoms. The van der Waals surface area contributed by atoms with Crippen molar-refractivity contribution in [1.29, 1.82) is 0 Å². The number of carbonyl (C=O) groups excluding carboxylic acids is 1. The Hall–Kier alpha value is -0.886. The van der Waals surface area contributed by atoms with Gasteiger partial charge < -0.3 is 23.1 Å². The molecule has 0 saturated carbocycles. The maximum absolute atomic E-state index is 13.5. The summed E-state index contributed by atoms with van der Waals surface area (Å²) in [6.07, 6.45) is 0.524. The monoisotopic (exact) mass is 628 g/mol. The van der Waals surface area contributed by atoms with Crippen LogP contribution < -0.4 is 0 Å². The Labute approximate surface area is 252 Å². The lowest BCUT2D eigenvalue weighted by atomic mass is 9.94. The summed E-state index contributed by atoms with van der Waals surface area (Å²) in [6.45, 7) is 24.7. The maximum Gasteiger partial charge on any atom is 0.192 e. The van der Waals surface area contributed by atoms with E-state index < -0.39 is 50.7 Å². The molecule has 1 aliphatic heterocycles. The molecule has 0 radical (unpaired) electrons. The van der Waals surface area contributed by atoms with Crippen LogP contribution in [0, 0.1) is 5.92 Å². The highest BCUT2D eigenvalue weighted by molar-refractivity contribution is 7.91. The van der Waals surface area contributed by atoms with E-state index in [1.54, 1.807) is 19.2 Å². The number of aryl methyl sites for hydroxylation is 1. The standard InChI is InChI=1S/C31H56O7SSi2/c1-13-23-14-16-25(17-15-23)39(33,34)22-26-27(18-19-32)37-28(29(26)35-8)20-24(38-41(11,12)31(5,6)7)21-36-40(9,10)30(2,3)4/h14-17,19,24,26-29H,13,18,20-22H2,1-12H3/t24-,26-,27-,28+,29+/m0/s1. The summed E-state index contributed by atoms with van der Waals surface area (Å²) in [4.78, 5) is 11.9. The molecule has 0 aromatic heterocycles. The van der Waals surface area contributed by atoms with Crippen LogP contribution in [0.4, 0.5) is 0 Å². The number of sulfone groups is 1.